The Balaban J connectivity index is 1.37. The Morgan fingerprint density at radius 1 is 0.941 bits per heavy atom. The van der Waals surface area contributed by atoms with Gasteiger partial charge in [0.15, 0.2) is 6.10 Å². The third-order valence-electron chi connectivity index (χ3n) is 5.88. The Hall–Kier alpha value is -3.85. The number of sulfonamides is 1. The van der Waals surface area contributed by atoms with Crippen LogP contribution < -0.4 is 19.3 Å². The van der Waals surface area contributed by atoms with Crippen molar-refractivity contribution in [2.45, 2.75) is 23.8 Å². The van der Waals surface area contributed by atoms with Crippen molar-refractivity contribution in [3.8, 4) is 5.75 Å². The number of rotatable bonds is 5. The molecule has 1 atom stereocenters. The fraction of sp³-hybridized carbons (Fsp3) is 0.200. The molecule has 2 aliphatic heterocycles. The average Bonchev–Trinajstić information content (AvgIpc) is 3.30. The van der Waals surface area contributed by atoms with E-state index in [1.165, 1.54) is 16.4 Å². The third kappa shape index (κ3) is 4.10. The Morgan fingerprint density at radius 2 is 1.65 bits per heavy atom. The molecule has 174 valence electrons. The quantitative estimate of drug-likeness (QED) is 0.608. The fourth-order valence-corrected chi connectivity index (χ4v) is 5.65. The Bertz CT molecular complexity index is 1330. The zero-order chi connectivity index (χ0) is 23.7. The lowest BCUT2D eigenvalue weighted by Crippen LogP contribution is -2.48. The molecule has 0 aromatic heterocycles. The van der Waals surface area contributed by atoms with Crippen LogP contribution in [0.1, 0.15) is 12.8 Å². The standard InChI is InChI=1S/C25H23N3O5S/c29-24-11-6-16-27(24)19-14-12-18(13-15-19)26-25(30)23-17-28(21-9-4-5-10-22(21)33-23)34(31,32)20-7-2-1-3-8-20/h1-5,7-10,12-15,23H,6,11,16-17H2,(H,26,30)/t23-/m0/s1. The van der Waals surface area contributed by atoms with Gasteiger partial charge in [-0.05, 0) is 55.0 Å². The van der Waals surface area contributed by atoms with Gasteiger partial charge in [-0.3, -0.25) is 13.9 Å². The van der Waals surface area contributed by atoms with Gasteiger partial charge >= 0.3 is 0 Å². The molecule has 1 N–H and O–H groups in total. The van der Waals surface area contributed by atoms with Gasteiger partial charge in [0.05, 0.1) is 17.1 Å². The van der Waals surface area contributed by atoms with Crippen LogP contribution in [0.15, 0.2) is 83.8 Å². The molecule has 0 aliphatic carbocycles. The second kappa shape index (κ2) is 8.83. The number of nitrogens with one attached hydrogen (secondary N) is 1. The highest BCUT2D eigenvalue weighted by Gasteiger charge is 2.37. The minimum absolute atomic E-state index is 0.0887. The summed E-state index contributed by atoms with van der Waals surface area (Å²) in [5.41, 5.74) is 1.69. The van der Waals surface area contributed by atoms with Crippen molar-refractivity contribution in [1.29, 1.82) is 0 Å². The summed E-state index contributed by atoms with van der Waals surface area (Å²) in [7, 11) is -3.90. The summed E-state index contributed by atoms with van der Waals surface area (Å²) in [6.45, 7) is 0.520. The number of ether oxygens (including phenoxy) is 1. The number of hydrogen-bond acceptors (Lipinski definition) is 5. The Labute approximate surface area is 197 Å². The van der Waals surface area contributed by atoms with Gasteiger partial charge in [0.2, 0.25) is 5.91 Å². The van der Waals surface area contributed by atoms with Crippen molar-refractivity contribution in [2.24, 2.45) is 0 Å². The van der Waals surface area contributed by atoms with Gasteiger partial charge < -0.3 is 15.0 Å². The highest BCUT2D eigenvalue weighted by atomic mass is 32.2. The molecule has 0 saturated carbocycles. The summed E-state index contributed by atoms with van der Waals surface area (Å²) in [6.07, 6.45) is 0.329. The van der Waals surface area contributed by atoms with Crippen molar-refractivity contribution >= 4 is 38.9 Å². The molecule has 0 spiro atoms. The maximum absolute atomic E-state index is 13.4. The van der Waals surface area contributed by atoms with Crippen LogP contribution >= 0.6 is 0 Å². The molecule has 2 heterocycles. The first-order valence-electron chi connectivity index (χ1n) is 11.0. The van der Waals surface area contributed by atoms with Crippen molar-refractivity contribution in [3.05, 3.63) is 78.9 Å². The Morgan fingerprint density at radius 3 is 2.35 bits per heavy atom. The topological polar surface area (TPSA) is 96.0 Å². The number of carbonyl (C=O) groups excluding carboxylic acids is 2. The van der Waals surface area contributed by atoms with Crippen LogP contribution in [0.5, 0.6) is 5.75 Å². The van der Waals surface area contributed by atoms with Crippen LogP contribution in [-0.4, -0.2) is 39.4 Å². The molecule has 0 bridgehead atoms. The van der Waals surface area contributed by atoms with Crippen LogP contribution in [0.3, 0.4) is 0 Å². The number of amides is 2. The average molecular weight is 478 g/mol. The summed E-state index contributed by atoms with van der Waals surface area (Å²) in [4.78, 5) is 26.9. The van der Waals surface area contributed by atoms with E-state index in [1.807, 2.05) is 0 Å². The minimum Gasteiger partial charge on any atom is -0.476 e. The lowest BCUT2D eigenvalue weighted by Gasteiger charge is -2.34. The highest BCUT2D eigenvalue weighted by Crippen LogP contribution is 2.37. The number of hydrogen-bond donors (Lipinski definition) is 1. The van der Waals surface area contributed by atoms with Crippen LogP contribution in [0.4, 0.5) is 17.1 Å². The maximum atomic E-state index is 13.4. The van der Waals surface area contributed by atoms with E-state index in [9.17, 15) is 18.0 Å². The van der Waals surface area contributed by atoms with E-state index in [2.05, 4.69) is 5.32 Å². The first-order chi connectivity index (χ1) is 16.4. The molecule has 34 heavy (non-hydrogen) atoms. The molecule has 0 unspecified atom stereocenters. The second-order valence-electron chi connectivity index (χ2n) is 8.11. The summed E-state index contributed by atoms with van der Waals surface area (Å²) in [6, 6.07) is 21.8. The van der Waals surface area contributed by atoms with Crippen molar-refractivity contribution in [2.75, 3.05) is 27.6 Å². The van der Waals surface area contributed by atoms with Gasteiger partial charge in [0.25, 0.3) is 15.9 Å². The Kier molecular flexibility index (Phi) is 5.70. The number of benzene rings is 3. The van der Waals surface area contributed by atoms with Crippen molar-refractivity contribution in [1.82, 2.24) is 0 Å². The van der Waals surface area contributed by atoms with Crippen LogP contribution in [-0.2, 0) is 19.6 Å². The second-order valence-corrected chi connectivity index (χ2v) is 9.97. The van der Waals surface area contributed by atoms with Gasteiger partial charge in [-0.1, -0.05) is 30.3 Å². The van der Waals surface area contributed by atoms with Gasteiger partial charge in [0.1, 0.15) is 5.75 Å². The highest BCUT2D eigenvalue weighted by molar-refractivity contribution is 7.92. The molecule has 5 rings (SSSR count). The number of carbonyl (C=O) groups is 2. The molecule has 0 radical (unpaired) electrons. The maximum Gasteiger partial charge on any atom is 0.267 e. The first kappa shape index (κ1) is 22.0. The first-order valence-corrected chi connectivity index (χ1v) is 12.4. The van der Waals surface area contributed by atoms with E-state index >= 15 is 0 Å². The van der Waals surface area contributed by atoms with Crippen LogP contribution in [0, 0.1) is 0 Å². The lowest BCUT2D eigenvalue weighted by atomic mass is 10.2. The number of anilines is 3. The summed E-state index contributed by atoms with van der Waals surface area (Å²) in [5, 5.41) is 2.79. The number of nitrogens with zero attached hydrogens (tertiary/aromatic N) is 2. The largest absolute Gasteiger partial charge is 0.476 e. The van der Waals surface area contributed by atoms with Gasteiger partial charge in [0, 0.05) is 24.3 Å². The van der Waals surface area contributed by atoms with E-state index < -0.39 is 22.0 Å². The van der Waals surface area contributed by atoms with Gasteiger partial charge in [-0.2, -0.15) is 0 Å². The monoisotopic (exact) mass is 477 g/mol. The molecule has 2 amide bonds. The zero-order valence-electron chi connectivity index (χ0n) is 18.3. The molecule has 3 aromatic rings. The zero-order valence-corrected chi connectivity index (χ0v) is 19.1. The summed E-state index contributed by atoms with van der Waals surface area (Å²) < 4.78 is 33.8. The van der Waals surface area contributed by atoms with E-state index in [0.29, 0.717) is 30.1 Å². The SMILES string of the molecule is O=C(Nc1ccc(N2CCCC2=O)cc1)[C@@H]1CN(S(=O)(=O)c2ccccc2)c2ccccc2O1. The van der Waals surface area contributed by atoms with Crippen molar-refractivity contribution in [3.63, 3.8) is 0 Å². The minimum atomic E-state index is -3.90. The number of fused-ring (bicyclic) bond motifs is 1. The molecule has 9 heteroatoms. The number of para-hydroxylation sites is 2. The fourth-order valence-electron chi connectivity index (χ4n) is 4.15. The van der Waals surface area contributed by atoms with E-state index in [1.54, 1.807) is 71.6 Å². The van der Waals surface area contributed by atoms with E-state index in [4.69, 9.17) is 4.74 Å². The molecule has 1 fully saturated rings. The van der Waals surface area contributed by atoms with E-state index in [-0.39, 0.29) is 17.3 Å². The molecular weight excluding hydrogens is 454 g/mol. The van der Waals surface area contributed by atoms with Crippen LogP contribution in [0.2, 0.25) is 0 Å². The molecule has 3 aromatic carbocycles. The lowest BCUT2D eigenvalue weighted by molar-refractivity contribution is -0.122. The third-order valence-corrected chi connectivity index (χ3v) is 7.67. The smallest absolute Gasteiger partial charge is 0.267 e. The molecule has 2 aliphatic rings. The van der Waals surface area contributed by atoms with Gasteiger partial charge in [-0.15, -0.1) is 0 Å². The molecule has 1 saturated heterocycles. The predicted molar refractivity (Wildman–Crippen MR) is 128 cm³/mol. The molecule has 8 nitrogen and oxygen atoms in total. The van der Waals surface area contributed by atoms with Gasteiger partial charge in [-0.25, -0.2) is 8.42 Å². The summed E-state index contributed by atoms with van der Waals surface area (Å²) >= 11 is 0. The molecular formula is C25H23N3O5S. The summed E-state index contributed by atoms with van der Waals surface area (Å²) in [5.74, 6) is -0.0603. The van der Waals surface area contributed by atoms with E-state index in [0.717, 1.165) is 12.1 Å². The normalized spacial score (nSPS) is 17.8. The van der Waals surface area contributed by atoms with Crippen molar-refractivity contribution < 1.29 is 22.7 Å². The van der Waals surface area contributed by atoms with Crippen LogP contribution in [0.25, 0.3) is 0 Å². The predicted octanol–water partition coefficient (Wildman–Crippen LogP) is 3.41.